The lowest BCUT2D eigenvalue weighted by molar-refractivity contribution is 0.0948. The van der Waals surface area contributed by atoms with E-state index in [1.165, 1.54) is 5.56 Å². The Morgan fingerprint density at radius 3 is 2.78 bits per heavy atom. The number of aromatic nitrogens is 1. The summed E-state index contributed by atoms with van der Waals surface area (Å²) in [5.74, 6) is -0.121. The normalized spacial score (nSPS) is 10.3. The average Bonchev–Trinajstić information content (AvgIpc) is 2.56. The third-order valence-corrected chi connectivity index (χ3v) is 3.68. The molecule has 1 amide bonds. The van der Waals surface area contributed by atoms with Gasteiger partial charge in [0.2, 0.25) is 0 Å². The van der Waals surface area contributed by atoms with Crippen molar-refractivity contribution in [1.29, 1.82) is 0 Å². The monoisotopic (exact) mass is 331 g/mol. The van der Waals surface area contributed by atoms with E-state index in [0.717, 1.165) is 36.5 Å². The van der Waals surface area contributed by atoms with Crippen LogP contribution in [0.15, 0.2) is 42.6 Å². The Balaban J connectivity index is 1.79. The van der Waals surface area contributed by atoms with Gasteiger partial charge < -0.3 is 10.6 Å². The standard InChI is InChI=1S/C18H22ClN3O/c1-2-3-10-21-18(23)17-8-7-16(13-22-17)20-11-9-14-5-4-6-15(19)12-14/h4-8,12-13,20H,2-3,9-11H2,1H3,(H,21,23). The van der Waals surface area contributed by atoms with Gasteiger partial charge in [0.15, 0.2) is 0 Å². The molecule has 2 N–H and O–H groups in total. The molecule has 122 valence electrons. The first-order chi connectivity index (χ1) is 11.2. The van der Waals surface area contributed by atoms with Gasteiger partial charge in [-0.15, -0.1) is 0 Å². The Morgan fingerprint density at radius 1 is 1.22 bits per heavy atom. The van der Waals surface area contributed by atoms with Crippen LogP contribution in [0, 0.1) is 0 Å². The molecule has 0 fully saturated rings. The van der Waals surface area contributed by atoms with Gasteiger partial charge in [-0.2, -0.15) is 0 Å². The van der Waals surface area contributed by atoms with Crippen molar-refractivity contribution in [1.82, 2.24) is 10.3 Å². The van der Waals surface area contributed by atoms with E-state index in [4.69, 9.17) is 11.6 Å². The third kappa shape index (κ3) is 5.91. The molecule has 0 spiro atoms. The number of pyridine rings is 1. The lowest BCUT2D eigenvalue weighted by Gasteiger charge is -2.08. The van der Waals surface area contributed by atoms with Crippen LogP contribution in [0.5, 0.6) is 0 Å². The number of nitrogens with one attached hydrogen (secondary N) is 2. The van der Waals surface area contributed by atoms with Gasteiger partial charge in [0.25, 0.3) is 5.91 Å². The second-order valence-corrected chi connectivity index (χ2v) is 5.78. The van der Waals surface area contributed by atoms with Crippen LogP contribution in [0.25, 0.3) is 0 Å². The van der Waals surface area contributed by atoms with Crippen LogP contribution in [0.1, 0.15) is 35.8 Å². The Labute approximate surface area is 142 Å². The van der Waals surface area contributed by atoms with E-state index < -0.39 is 0 Å². The van der Waals surface area contributed by atoms with E-state index in [0.29, 0.717) is 12.2 Å². The van der Waals surface area contributed by atoms with Gasteiger partial charge in [0.05, 0.1) is 11.9 Å². The number of amides is 1. The largest absolute Gasteiger partial charge is 0.383 e. The molecule has 0 radical (unpaired) electrons. The van der Waals surface area contributed by atoms with Crippen molar-refractivity contribution < 1.29 is 4.79 Å². The quantitative estimate of drug-likeness (QED) is 0.721. The summed E-state index contributed by atoms with van der Waals surface area (Å²) in [5.41, 5.74) is 2.53. The fourth-order valence-electron chi connectivity index (χ4n) is 2.15. The molecule has 1 heterocycles. The minimum Gasteiger partial charge on any atom is -0.383 e. The maximum absolute atomic E-state index is 11.9. The van der Waals surface area contributed by atoms with Crippen LogP contribution >= 0.6 is 11.6 Å². The third-order valence-electron chi connectivity index (χ3n) is 3.44. The van der Waals surface area contributed by atoms with E-state index in [1.807, 2.05) is 24.3 Å². The Hall–Kier alpha value is -2.07. The zero-order valence-corrected chi connectivity index (χ0v) is 14.1. The zero-order chi connectivity index (χ0) is 16.5. The van der Waals surface area contributed by atoms with E-state index in [2.05, 4.69) is 28.6 Å². The number of nitrogens with zero attached hydrogens (tertiary/aromatic N) is 1. The molecule has 2 rings (SSSR count). The van der Waals surface area contributed by atoms with E-state index >= 15 is 0 Å². The highest BCUT2D eigenvalue weighted by atomic mass is 35.5. The molecule has 23 heavy (non-hydrogen) atoms. The summed E-state index contributed by atoms with van der Waals surface area (Å²) in [7, 11) is 0. The lowest BCUT2D eigenvalue weighted by Crippen LogP contribution is -2.25. The molecule has 4 nitrogen and oxygen atoms in total. The van der Waals surface area contributed by atoms with E-state index in [9.17, 15) is 4.79 Å². The molecule has 0 saturated heterocycles. The van der Waals surface area contributed by atoms with Gasteiger partial charge in [-0.25, -0.2) is 4.98 Å². The fraction of sp³-hybridized carbons (Fsp3) is 0.333. The first-order valence-electron chi connectivity index (χ1n) is 7.91. The van der Waals surface area contributed by atoms with Crippen molar-refractivity contribution in [2.45, 2.75) is 26.2 Å². The van der Waals surface area contributed by atoms with E-state index in [1.54, 1.807) is 12.3 Å². The number of halogens is 1. The molecule has 0 aliphatic heterocycles. The number of hydrogen-bond acceptors (Lipinski definition) is 3. The van der Waals surface area contributed by atoms with Crippen LogP contribution in [0.4, 0.5) is 5.69 Å². The minimum atomic E-state index is -0.121. The smallest absolute Gasteiger partial charge is 0.269 e. The highest BCUT2D eigenvalue weighted by Crippen LogP contribution is 2.12. The van der Waals surface area contributed by atoms with Crippen molar-refractivity contribution in [3.05, 3.63) is 58.9 Å². The Kier molecular flexibility index (Phi) is 6.88. The van der Waals surface area contributed by atoms with Crippen LogP contribution < -0.4 is 10.6 Å². The second-order valence-electron chi connectivity index (χ2n) is 5.35. The van der Waals surface area contributed by atoms with Crippen LogP contribution in [-0.4, -0.2) is 24.0 Å². The fourth-order valence-corrected chi connectivity index (χ4v) is 2.36. The molecule has 0 aliphatic rings. The Bertz CT molecular complexity index is 628. The summed E-state index contributed by atoms with van der Waals surface area (Å²) in [6.07, 6.45) is 4.60. The molecule has 0 aliphatic carbocycles. The van der Waals surface area contributed by atoms with Crippen molar-refractivity contribution >= 4 is 23.2 Å². The van der Waals surface area contributed by atoms with Crippen molar-refractivity contribution in [2.75, 3.05) is 18.4 Å². The van der Waals surface area contributed by atoms with Crippen molar-refractivity contribution in [3.63, 3.8) is 0 Å². The minimum absolute atomic E-state index is 0.121. The van der Waals surface area contributed by atoms with Gasteiger partial charge in [0, 0.05) is 18.1 Å². The highest BCUT2D eigenvalue weighted by Gasteiger charge is 2.05. The average molecular weight is 332 g/mol. The summed E-state index contributed by atoms with van der Waals surface area (Å²) in [6, 6.07) is 11.4. The molecule has 0 saturated carbocycles. The predicted octanol–water partition coefficient (Wildman–Crippen LogP) is 3.92. The van der Waals surface area contributed by atoms with E-state index in [-0.39, 0.29) is 5.91 Å². The Morgan fingerprint density at radius 2 is 2.09 bits per heavy atom. The number of hydrogen-bond donors (Lipinski definition) is 2. The first kappa shape index (κ1) is 17.3. The molecule has 2 aromatic rings. The second kappa shape index (κ2) is 9.16. The predicted molar refractivity (Wildman–Crippen MR) is 95.1 cm³/mol. The molecule has 0 unspecified atom stereocenters. The summed E-state index contributed by atoms with van der Waals surface area (Å²) in [6.45, 7) is 3.56. The number of unbranched alkanes of at least 4 members (excludes halogenated alkanes) is 1. The zero-order valence-electron chi connectivity index (χ0n) is 13.3. The van der Waals surface area contributed by atoms with Gasteiger partial charge in [0.1, 0.15) is 5.69 Å². The number of anilines is 1. The summed E-state index contributed by atoms with van der Waals surface area (Å²) in [4.78, 5) is 16.1. The van der Waals surface area contributed by atoms with Crippen LogP contribution in [0.2, 0.25) is 5.02 Å². The molecule has 0 atom stereocenters. The number of rotatable bonds is 8. The lowest BCUT2D eigenvalue weighted by atomic mass is 10.1. The number of carbonyl (C=O) groups is 1. The molecule has 5 heteroatoms. The van der Waals surface area contributed by atoms with Crippen molar-refractivity contribution in [3.8, 4) is 0 Å². The molecular formula is C18H22ClN3O. The summed E-state index contributed by atoms with van der Waals surface area (Å²) < 4.78 is 0. The maximum atomic E-state index is 11.9. The topological polar surface area (TPSA) is 54.0 Å². The van der Waals surface area contributed by atoms with Gasteiger partial charge >= 0.3 is 0 Å². The number of benzene rings is 1. The van der Waals surface area contributed by atoms with Gasteiger partial charge in [-0.3, -0.25) is 4.79 Å². The summed E-state index contributed by atoms with van der Waals surface area (Å²) >= 11 is 5.96. The molecular weight excluding hydrogens is 310 g/mol. The summed E-state index contributed by atoms with van der Waals surface area (Å²) in [5, 5.41) is 6.90. The van der Waals surface area contributed by atoms with Crippen molar-refractivity contribution in [2.24, 2.45) is 0 Å². The first-order valence-corrected chi connectivity index (χ1v) is 8.29. The number of carbonyl (C=O) groups excluding carboxylic acids is 1. The van der Waals surface area contributed by atoms with Gasteiger partial charge in [-0.1, -0.05) is 37.1 Å². The highest BCUT2D eigenvalue weighted by molar-refractivity contribution is 6.30. The van der Waals surface area contributed by atoms with Gasteiger partial charge in [-0.05, 0) is 42.7 Å². The molecule has 0 bridgehead atoms. The molecule has 1 aromatic heterocycles. The maximum Gasteiger partial charge on any atom is 0.269 e. The molecule has 1 aromatic carbocycles. The SMILES string of the molecule is CCCCNC(=O)c1ccc(NCCc2cccc(Cl)c2)cn1. The van der Waals surface area contributed by atoms with Crippen LogP contribution in [0.3, 0.4) is 0 Å². The van der Waals surface area contributed by atoms with Crippen LogP contribution in [-0.2, 0) is 6.42 Å².